The Labute approximate surface area is 380 Å². The number of aryl methyl sites for hydroxylation is 4. The number of nitrogens with two attached hydrogens (primary N) is 1. The van der Waals surface area contributed by atoms with Crippen LogP contribution in [0, 0.1) is 64.0 Å². The Balaban J connectivity index is 0.000000244. The monoisotopic (exact) mass is 936 g/mol. The summed E-state index contributed by atoms with van der Waals surface area (Å²) >= 11 is 0. The Kier molecular flexibility index (Phi) is 16.7. The summed E-state index contributed by atoms with van der Waals surface area (Å²) in [5.41, 5.74) is 5.30. The molecule has 0 radical (unpaired) electrons. The van der Waals surface area contributed by atoms with Crippen molar-refractivity contribution in [3.8, 4) is 34.3 Å². The van der Waals surface area contributed by atoms with Crippen LogP contribution in [0.3, 0.4) is 0 Å². The van der Waals surface area contributed by atoms with Crippen molar-refractivity contribution in [3.63, 3.8) is 0 Å². The average molecular weight is 937 g/mol. The third kappa shape index (κ3) is 13.6. The van der Waals surface area contributed by atoms with Gasteiger partial charge in [-0.25, -0.2) is 56.6 Å². The number of carbonyl (C=O) groups excluding carboxylic acids is 1. The molecular weight excluding hydrogens is 895 g/mol. The molecule has 22 heteroatoms. The molecule has 0 spiro atoms. The molecule has 0 saturated heterocycles. The topological polar surface area (TPSA) is 255 Å². The molecule has 0 saturated carbocycles. The molecule has 0 aliphatic heterocycles. The summed E-state index contributed by atoms with van der Waals surface area (Å²) < 4.78 is 82.1. The highest BCUT2D eigenvalue weighted by Gasteiger charge is 2.25. The standard InChI is InChI=1S/C22H21FN6O3S.C16H12FN3O.C6H9N3O2S/c1-12(2)17-10-16(23)11-18(15-6-7-25-19(9-15)24-5)20(17)28-21(30)29-33(31,32)22-26-13(3)8-14(4)27-22;1-10(2)14-5-12(17)6-15(16(14)21-9-18)11-4-13(19-3)8-20-7-11;1-4-3-5(2)9-6(8-4)12(7,10)11/h6-12H,1-4H3,(H2,28,29,30);4-8,10H,1-2H3;3H,1-2H3,(H2,7,10,11). The number of hydrogen-bond acceptors (Lipinski definition) is 13. The number of ether oxygens (including phenoxy) is 1. The van der Waals surface area contributed by atoms with E-state index < -0.39 is 42.9 Å². The number of carbonyl (C=O) groups is 1. The van der Waals surface area contributed by atoms with Crippen molar-refractivity contribution in [2.45, 2.75) is 77.5 Å². The minimum atomic E-state index is -4.36. The minimum absolute atomic E-state index is 0.0141. The number of halogens is 2. The highest BCUT2D eigenvalue weighted by atomic mass is 32.2. The normalized spacial score (nSPS) is 10.9. The van der Waals surface area contributed by atoms with Gasteiger partial charge in [0.25, 0.3) is 32.4 Å². The van der Waals surface area contributed by atoms with Crippen LogP contribution in [0.2, 0.25) is 0 Å². The van der Waals surface area contributed by atoms with Crippen molar-refractivity contribution in [2.75, 3.05) is 5.32 Å². The van der Waals surface area contributed by atoms with E-state index in [9.17, 15) is 30.4 Å². The summed E-state index contributed by atoms with van der Waals surface area (Å²) in [6, 6.07) is 11.9. The third-order valence-electron chi connectivity index (χ3n) is 8.83. The largest absolute Gasteiger partial charge is 0.387 e. The summed E-state index contributed by atoms with van der Waals surface area (Å²) in [6.45, 7) is 28.1. The smallest absolute Gasteiger partial charge is 0.333 e. The van der Waals surface area contributed by atoms with Crippen LogP contribution in [0.25, 0.3) is 31.9 Å². The van der Waals surface area contributed by atoms with E-state index in [2.05, 4.69) is 44.9 Å². The van der Waals surface area contributed by atoms with Gasteiger partial charge in [0.1, 0.15) is 17.8 Å². The Bertz CT molecular complexity index is 3130. The van der Waals surface area contributed by atoms with Crippen molar-refractivity contribution in [3.05, 3.63) is 142 Å². The highest BCUT2D eigenvalue weighted by molar-refractivity contribution is 7.90. The summed E-state index contributed by atoms with van der Waals surface area (Å²) in [4.78, 5) is 42.3. The maximum absolute atomic E-state index is 14.4. The van der Waals surface area contributed by atoms with Crippen molar-refractivity contribution in [2.24, 2.45) is 5.14 Å². The lowest BCUT2D eigenvalue weighted by molar-refractivity contribution is 0.256. The second kappa shape index (κ2) is 21.7. The molecule has 4 aromatic heterocycles. The first kappa shape index (κ1) is 50.8. The molecule has 2 amide bonds. The molecular formula is C44H42F2N12O6S2. The van der Waals surface area contributed by atoms with Crippen LogP contribution in [0.1, 0.15) is 73.4 Å². The molecule has 0 fully saturated rings. The zero-order valence-corrected chi connectivity index (χ0v) is 38.3. The van der Waals surface area contributed by atoms with E-state index >= 15 is 0 Å². The van der Waals surface area contributed by atoms with Crippen LogP contribution in [0.15, 0.2) is 83.5 Å². The Morgan fingerprint density at radius 1 is 0.758 bits per heavy atom. The fraction of sp³-hybridized carbons (Fsp3) is 0.227. The lowest BCUT2D eigenvalue weighted by atomic mass is 9.94. The van der Waals surface area contributed by atoms with Gasteiger partial charge >= 0.3 is 16.1 Å². The number of sulfonamides is 2. The molecule has 0 aliphatic carbocycles. The molecule has 66 heavy (non-hydrogen) atoms. The van der Waals surface area contributed by atoms with Gasteiger partial charge in [-0.3, -0.25) is 4.98 Å². The van der Waals surface area contributed by atoms with Gasteiger partial charge in [0, 0.05) is 51.9 Å². The molecule has 2 aromatic carbocycles. The van der Waals surface area contributed by atoms with Gasteiger partial charge in [0.15, 0.2) is 5.75 Å². The lowest BCUT2D eigenvalue weighted by Gasteiger charge is -2.19. The molecule has 0 aliphatic rings. The zero-order valence-electron chi connectivity index (χ0n) is 36.7. The quantitative estimate of drug-likeness (QED) is 0.0698. The lowest BCUT2D eigenvalue weighted by Crippen LogP contribution is -2.36. The SMILES string of the molecule is Cc1cc(C)nc(S(N)(=O)=O)n1.[C-]#[N+]c1cc(-c2cc(F)cc(C(C)C)c2NC(=O)NS(=O)(=O)c2nc(C)cc(C)n2)ccn1.[C-]#[N+]c1cncc(-c2cc(F)cc(C(C)C)c2OC#N)c1. The third-order valence-corrected chi connectivity index (χ3v) is 10.6. The maximum Gasteiger partial charge on any atom is 0.333 e. The van der Waals surface area contributed by atoms with Crippen LogP contribution in [-0.4, -0.2) is 52.8 Å². The number of benzene rings is 2. The number of primary sulfonamides is 1. The molecule has 0 unspecified atom stereocenters. The van der Waals surface area contributed by atoms with Crippen LogP contribution < -0.4 is 19.9 Å². The maximum atomic E-state index is 14.4. The van der Waals surface area contributed by atoms with Gasteiger partial charge in [-0.2, -0.15) is 8.42 Å². The number of urea groups is 1. The minimum Gasteiger partial charge on any atom is -0.387 e. The van der Waals surface area contributed by atoms with Crippen molar-refractivity contribution >= 4 is 43.3 Å². The average Bonchev–Trinajstić information content (AvgIpc) is 3.23. The van der Waals surface area contributed by atoms with E-state index in [-0.39, 0.29) is 34.1 Å². The molecule has 4 N–H and O–H groups in total. The number of rotatable bonds is 9. The summed E-state index contributed by atoms with van der Waals surface area (Å²) in [7, 11) is -8.13. The Morgan fingerprint density at radius 3 is 1.82 bits per heavy atom. The van der Waals surface area contributed by atoms with Gasteiger partial charge in [0.05, 0.1) is 12.3 Å². The number of nitrogens with one attached hydrogen (secondary N) is 2. The molecule has 6 aromatic rings. The van der Waals surface area contributed by atoms with Crippen LogP contribution >= 0.6 is 0 Å². The molecule has 340 valence electrons. The number of aromatic nitrogens is 6. The number of nitriles is 1. The van der Waals surface area contributed by atoms with Crippen molar-refractivity contribution < 1.29 is 35.1 Å². The predicted molar refractivity (Wildman–Crippen MR) is 240 cm³/mol. The number of nitrogens with zero attached hydrogens (tertiary/aromatic N) is 9. The van der Waals surface area contributed by atoms with E-state index in [1.165, 1.54) is 48.9 Å². The molecule has 4 heterocycles. The first-order chi connectivity index (χ1) is 31.0. The fourth-order valence-corrected chi connectivity index (χ4v) is 7.55. The van der Waals surface area contributed by atoms with E-state index in [1.807, 2.05) is 18.6 Å². The predicted octanol–water partition coefficient (Wildman–Crippen LogP) is 8.64. The van der Waals surface area contributed by atoms with Crippen LogP contribution in [0.4, 0.5) is 30.8 Å². The summed E-state index contributed by atoms with van der Waals surface area (Å²) in [5.74, 6) is -0.800. The van der Waals surface area contributed by atoms with Crippen molar-refractivity contribution in [1.29, 1.82) is 5.26 Å². The van der Waals surface area contributed by atoms with E-state index in [0.717, 1.165) is 0 Å². The molecule has 6 rings (SSSR count). The van der Waals surface area contributed by atoms with Gasteiger partial charge in [-0.15, -0.1) is 10.2 Å². The van der Waals surface area contributed by atoms with Gasteiger partial charge in [0.2, 0.25) is 5.69 Å². The summed E-state index contributed by atoms with van der Waals surface area (Å²) in [6.07, 6.45) is 5.96. The van der Waals surface area contributed by atoms with Crippen LogP contribution in [0.5, 0.6) is 5.75 Å². The Morgan fingerprint density at radius 2 is 1.30 bits per heavy atom. The number of anilines is 1. The summed E-state index contributed by atoms with van der Waals surface area (Å²) in [5, 5.41) is 15.4. The van der Waals surface area contributed by atoms with E-state index in [0.29, 0.717) is 62.0 Å². The fourth-order valence-electron chi connectivity index (χ4n) is 6.09. The van der Waals surface area contributed by atoms with Crippen LogP contribution in [-0.2, 0) is 20.0 Å². The first-order valence-corrected chi connectivity index (χ1v) is 22.4. The van der Waals surface area contributed by atoms with Crippen molar-refractivity contribution in [1.82, 2.24) is 34.6 Å². The second-order valence-corrected chi connectivity index (χ2v) is 17.9. The molecule has 0 atom stereocenters. The zero-order chi connectivity index (χ0) is 49.1. The van der Waals surface area contributed by atoms with Gasteiger partial charge < -0.3 is 14.9 Å². The number of pyridine rings is 2. The van der Waals surface area contributed by atoms with E-state index in [4.69, 9.17) is 28.3 Å². The first-order valence-electron chi connectivity index (χ1n) is 19.4. The van der Waals surface area contributed by atoms with Gasteiger partial charge in [-0.05, 0) is 111 Å². The van der Waals surface area contributed by atoms with Gasteiger partial charge in [-0.1, -0.05) is 34.3 Å². The Hall–Kier alpha value is -7.84. The number of amides is 2. The molecule has 0 bridgehead atoms. The molecule has 18 nitrogen and oxygen atoms in total. The second-order valence-electron chi connectivity index (χ2n) is 14.8. The van der Waals surface area contributed by atoms with E-state index in [1.54, 1.807) is 72.1 Å². The number of hydrogen-bond donors (Lipinski definition) is 3. The highest BCUT2D eigenvalue weighted by Crippen LogP contribution is 2.39.